The Hall–Kier alpha value is -3.65. The van der Waals surface area contributed by atoms with Gasteiger partial charge in [0.25, 0.3) is 5.91 Å². The van der Waals surface area contributed by atoms with E-state index in [9.17, 15) is 10.1 Å². The number of carbonyl (C=O) groups excluding carboxylic acids is 1. The Morgan fingerprint density at radius 3 is 2.33 bits per heavy atom. The molecule has 4 rings (SSSR count). The summed E-state index contributed by atoms with van der Waals surface area (Å²) in [6.45, 7) is 2.06. The molecular weight excluding hydrogens is 372 g/mol. The number of hydrogen-bond acceptors (Lipinski definition) is 3. The lowest BCUT2D eigenvalue weighted by molar-refractivity contribution is -0.127. The zero-order valence-electron chi connectivity index (χ0n) is 16.9. The van der Waals surface area contributed by atoms with E-state index in [4.69, 9.17) is 5.10 Å². The average molecular weight is 396 g/mol. The molecule has 0 spiro atoms. The van der Waals surface area contributed by atoms with Gasteiger partial charge in [0.2, 0.25) is 0 Å². The summed E-state index contributed by atoms with van der Waals surface area (Å²) in [5.41, 5.74) is 3.80. The number of amides is 1. The summed E-state index contributed by atoms with van der Waals surface area (Å²) in [7, 11) is 0. The smallest absolute Gasteiger partial charge is 0.264 e. The van der Waals surface area contributed by atoms with Gasteiger partial charge in [-0.1, -0.05) is 60.7 Å². The molecule has 5 heteroatoms. The van der Waals surface area contributed by atoms with Gasteiger partial charge in [-0.05, 0) is 30.9 Å². The van der Waals surface area contributed by atoms with E-state index in [2.05, 4.69) is 18.2 Å². The molecule has 2 aromatic carbocycles. The van der Waals surface area contributed by atoms with Crippen LogP contribution in [0.25, 0.3) is 17.3 Å². The van der Waals surface area contributed by atoms with Gasteiger partial charge in [-0.25, -0.2) is 0 Å². The molecule has 0 saturated carbocycles. The van der Waals surface area contributed by atoms with Crippen LogP contribution in [-0.4, -0.2) is 33.7 Å². The lowest BCUT2D eigenvalue weighted by atomic mass is 10.0. The highest BCUT2D eigenvalue weighted by molar-refractivity contribution is 6.02. The van der Waals surface area contributed by atoms with E-state index in [-0.39, 0.29) is 11.5 Å². The molecule has 0 atom stereocenters. The molecule has 0 radical (unpaired) electrons. The molecular formula is C25H24N4O. The van der Waals surface area contributed by atoms with Gasteiger partial charge in [0.1, 0.15) is 11.6 Å². The Bertz CT molecular complexity index is 1070. The monoisotopic (exact) mass is 396 g/mol. The summed E-state index contributed by atoms with van der Waals surface area (Å²) in [4.78, 5) is 14.7. The fourth-order valence-corrected chi connectivity index (χ4v) is 3.78. The molecule has 0 aliphatic carbocycles. The van der Waals surface area contributed by atoms with Crippen molar-refractivity contribution in [2.24, 2.45) is 0 Å². The van der Waals surface area contributed by atoms with Crippen LogP contribution in [0.3, 0.4) is 0 Å². The minimum Gasteiger partial charge on any atom is -0.338 e. The molecule has 0 unspecified atom stereocenters. The maximum Gasteiger partial charge on any atom is 0.264 e. The molecule has 3 aromatic rings. The molecule has 1 saturated heterocycles. The third-order valence-corrected chi connectivity index (χ3v) is 5.32. The minimum atomic E-state index is -0.188. The van der Waals surface area contributed by atoms with Crippen molar-refractivity contribution in [1.82, 2.24) is 14.7 Å². The first-order chi connectivity index (χ1) is 14.7. The van der Waals surface area contributed by atoms with Crippen LogP contribution in [-0.2, 0) is 11.3 Å². The Morgan fingerprint density at radius 1 is 1.00 bits per heavy atom. The van der Waals surface area contributed by atoms with E-state index in [1.54, 1.807) is 11.0 Å². The van der Waals surface area contributed by atoms with Gasteiger partial charge in [0.15, 0.2) is 0 Å². The van der Waals surface area contributed by atoms with Gasteiger partial charge in [-0.15, -0.1) is 0 Å². The van der Waals surface area contributed by atoms with Gasteiger partial charge in [-0.3, -0.25) is 9.48 Å². The van der Waals surface area contributed by atoms with Gasteiger partial charge in [0.05, 0.1) is 12.2 Å². The van der Waals surface area contributed by atoms with Crippen LogP contribution >= 0.6 is 0 Å². The van der Waals surface area contributed by atoms with E-state index in [0.29, 0.717) is 6.54 Å². The number of carbonyl (C=O) groups is 1. The Labute approximate surface area is 176 Å². The Morgan fingerprint density at radius 2 is 1.67 bits per heavy atom. The number of hydrogen-bond donors (Lipinski definition) is 0. The number of rotatable bonds is 5. The summed E-state index contributed by atoms with van der Waals surface area (Å²) in [6.07, 6.45) is 6.73. The van der Waals surface area contributed by atoms with Crippen LogP contribution in [0.15, 0.2) is 72.4 Å². The molecule has 5 nitrogen and oxygen atoms in total. The van der Waals surface area contributed by atoms with Crippen molar-refractivity contribution in [3.8, 4) is 17.3 Å². The number of nitriles is 1. The van der Waals surface area contributed by atoms with Gasteiger partial charge >= 0.3 is 0 Å². The van der Waals surface area contributed by atoms with Gasteiger partial charge in [0, 0.05) is 30.4 Å². The summed E-state index contributed by atoms with van der Waals surface area (Å²) < 4.78 is 1.86. The standard InChI is InChI=1S/C25H24N4O/c26-17-22(25(30)28-14-8-3-9-15-28)16-23-19-29(18-20-10-4-1-5-11-20)27-24(23)21-12-6-2-7-13-21/h1-2,4-7,10-13,16,19H,3,8-9,14-15,18H2/b22-16+. The van der Waals surface area contributed by atoms with Crippen LogP contribution in [0.4, 0.5) is 0 Å². The topological polar surface area (TPSA) is 61.9 Å². The van der Waals surface area contributed by atoms with E-state index < -0.39 is 0 Å². The molecule has 1 amide bonds. The van der Waals surface area contributed by atoms with Crippen LogP contribution in [0.5, 0.6) is 0 Å². The van der Waals surface area contributed by atoms with Crippen LogP contribution in [0.1, 0.15) is 30.4 Å². The predicted molar refractivity (Wildman–Crippen MR) is 117 cm³/mol. The van der Waals surface area contributed by atoms with Gasteiger partial charge < -0.3 is 4.90 Å². The molecule has 1 aliphatic heterocycles. The second-order valence-electron chi connectivity index (χ2n) is 7.50. The normalized spacial score (nSPS) is 14.4. The number of aromatic nitrogens is 2. The zero-order valence-corrected chi connectivity index (χ0v) is 16.9. The first kappa shape index (κ1) is 19.7. The Balaban J connectivity index is 1.70. The maximum atomic E-state index is 12.9. The number of nitrogens with zero attached hydrogens (tertiary/aromatic N) is 4. The fourth-order valence-electron chi connectivity index (χ4n) is 3.78. The highest BCUT2D eigenvalue weighted by atomic mass is 16.2. The van der Waals surface area contributed by atoms with Crippen molar-refractivity contribution in [2.45, 2.75) is 25.8 Å². The molecule has 0 N–H and O–H groups in total. The third-order valence-electron chi connectivity index (χ3n) is 5.32. The van der Waals surface area contributed by atoms with Crippen molar-refractivity contribution in [2.75, 3.05) is 13.1 Å². The molecule has 2 heterocycles. The lowest BCUT2D eigenvalue weighted by Gasteiger charge is -2.26. The molecule has 150 valence electrons. The Kier molecular flexibility index (Phi) is 6.05. The van der Waals surface area contributed by atoms with E-state index in [1.165, 1.54) is 0 Å². The molecule has 1 fully saturated rings. The summed E-state index contributed by atoms with van der Waals surface area (Å²) in [5, 5.41) is 14.5. The van der Waals surface area contributed by atoms with Crippen molar-refractivity contribution in [3.05, 3.63) is 83.6 Å². The van der Waals surface area contributed by atoms with E-state index in [1.807, 2.05) is 59.4 Å². The summed E-state index contributed by atoms with van der Waals surface area (Å²) >= 11 is 0. The first-order valence-corrected chi connectivity index (χ1v) is 10.3. The molecule has 1 aliphatic rings. The van der Waals surface area contributed by atoms with Crippen LogP contribution < -0.4 is 0 Å². The molecule has 30 heavy (non-hydrogen) atoms. The summed E-state index contributed by atoms with van der Waals surface area (Å²) in [5.74, 6) is -0.188. The highest BCUT2D eigenvalue weighted by Gasteiger charge is 2.21. The van der Waals surface area contributed by atoms with E-state index >= 15 is 0 Å². The van der Waals surface area contributed by atoms with Crippen LogP contribution in [0.2, 0.25) is 0 Å². The molecule has 1 aromatic heterocycles. The number of piperidine rings is 1. The first-order valence-electron chi connectivity index (χ1n) is 10.3. The van der Waals surface area contributed by atoms with Gasteiger partial charge in [-0.2, -0.15) is 10.4 Å². The lowest BCUT2D eigenvalue weighted by Crippen LogP contribution is -2.36. The number of benzene rings is 2. The zero-order chi connectivity index (χ0) is 20.8. The van der Waals surface area contributed by atoms with Crippen molar-refractivity contribution < 1.29 is 4.79 Å². The second kappa shape index (κ2) is 9.23. The average Bonchev–Trinajstić information content (AvgIpc) is 3.21. The number of likely N-dealkylation sites (tertiary alicyclic amines) is 1. The minimum absolute atomic E-state index is 0.161. The third kappa shape index (κ3) is 4.49. The van der Waals surface area contributed by atoms with Crippen molar-refractivity contribution in [3.63, 3.8) is 0 Å². The fraction of sp³-hybridized carbons (Fsp3) is 0.240. The summed E-state index contributed by atoms with van der Waals surface area (Å²) in [6, 6.07) is 22.1. The highest BCUT2D eigenvalue weighted by Crippen LogP contribution is 2.25. The largest absolute Gasteiger partial charge is 0.338 e. The van der Waals surface area contributed by atoms with Crippen molar-refractivity contribution in [1.29, 1.82) is 5.26 Å². The van der Waals surface area contributed by atoms with E-state index in [0.717, 1.165) is 54.7 Å². The molecule has 0 bridgehead atoms. The second-order valence-corrected chi connectivity index (χ2v) is 7.50. The predicted octanol–water partition coefficient (Wildman–Crippen LogP) is 4.52. The van der Waals surface area contributed by atoms with Crippen LogP contribution in [0, 0.1) is 11.3 Å². The quantitative estimate of drug-likeness (QED) is 0.471. The maximum absolute atomic E-state index is 12.9. The SMILES string of the molecule is N#C/C(=C\c1cn(Cc2ccccc2)nc1-c1ccccc1)C(=O)N1CCCCC1. The van der Waals surface area contributed by atoms with Crippen molar-refractivity contribution >= 4 is 12.0 Å².